The topological polar surface area (TPSA) is 45.2 Å². The number of halogens is 1. The first-order chi connectivity index (χ1) is 11.2. The minimum Gasteiger partial charge on any atom is -0.353 e. The third-order valence-electron chi connectivity index (χ3n) is 4.64. The molecule has 7 heteroatoms. The molecule has 2 aromatic heterocycles. The molecule has 23 heavy (non-hydrogen) atoms. The van der Waals surface area contributed by atoms with Gasteiger partial charge in [0.1, 0.15) is 11.6 Å². The molecular formula is C16H18FN5S. The van der Waals surface area contributed by atoms with Crippen LogP contribution < -0.4 is 4.90 Å². The largest absolute Gasteiger partial charge is 0.353 e. The Labute approximate surface area is 138 Å². The zero-order chi connectivity index (χ0) is 15.8. The van der Waals surface area contributed by atoms with Crippen LogP contribution in [0.4, 0.5) is 10.2 Å². The van der Waals surface area contributed by atoms with Crippen molar-refractivity contribution >= 4 is 17.6 Å². The van der Waals surface area contributed by atoms with Crippen LogP contribution in [0.15, 0.2) is 35.7 Å². The average molecular weight is 331 g/mol. The van der Waals surface area contributed by atoms with Crippen LogP contribution >= 0.6 is 11.8 Å². The fraction of sp³-hybridized carbons (Fsp3) is 0.438. The van der Waals surface area contributed by atoms with Crippen LogP contribution in [0, 0.1) is 5.82 Å². The summed E-state index contributed by atoms with van der Waals surface area (Å²) in [6.07, 6.45) is 6.63. The van der Waals surface area contributed by atoms with E-state index >= 15 is 0 Å². The Bertz CT molecular complexity index is 700. The first kappa shape index (κ1) is 14.8. The summed E-state index contributed by atoms with van der Waals surface area (Å²) in [5.41, 5.74) is 0.544. The molecule has 3 fully saturated rings. The number of piperazine rings is 1. The van der Waals surface area contributed by atoms with Crippen molar-refractivity contribution in [2.24, 2.45) is 0 Å². The molecule has 0 N–H and O–H groups in total. The lowest BCUT2D eigenvalue weighted by Gasteiger charge is -2.56. The lowest BCUT2D eigenvalue weighted by atomic mass is 9.87. The van der Waals surface area contributed by atoms with E-state index < -0.39 is 0 Å². The SMILES string of the molecule is CSc1nccc(N2CC3CC(C2)N3Cc2ncccc2F)n1. The zero-order valence-corrected chi connectivity index (χ0v) is 13.7. The molecule has 0 saturated carbocycles. The quantitative estimate of drug-likeness (QED) is 0.632. The van der Waals surface area contributed by atoms with Gasteiger partial charge < -0.3 is 4.90 Å². The van der Waals surface area contributed by atoms with E-state index in [-0.39, 0.29) is 5.82 Å². The molecule has 0 radical (unpaired) electrons. The molecule has 2 bridgehead atoms. The third kappa shape index (κ3) is 2.79. The van der Waals surface area contributed by atoms with Gasteiger partial charge in [-0.25, -0.2) is 14.4 Å². The van der Waals surface area contributed by atoms with E-state index in [2.05, 4.69) is 24.8 Å². The van der Waals surface area contributed by atoms with Gasteiger partial charge in [-0.05, 0) is 30.9 Å². The third-order valence-corrected chi connectivity index (χ3v) is 5.20. The van der Waals surface area contributed by atoms with Crippen LogP contribution in [0.1, 0.15) is 12.1 Å². The van der Waals surface area contributed by atoms with Crippen molar-refractivity contribution in [2.45, 2.75) is 30.2 Å². The monoisotopic (exact) mass is 331 g/mol. The number of piperidine rings is 1. The van der Waals surface area contributed by atoms with Crippen LogP contribution in [0.25, 0.3) is 0 Å². The van der Waals surface area contributed by atoms with Crippen molar-refractivity contribution in [3.05, 3.63) is 42.1 Å². The van der Waals surface area contributed by atoms with Crippen LogP contribution in [0.3, 0.4) is 0 Å². The second kappa shape index (κ2) is 6.05. The first-order valence-electron chi connectivity index (χ1n) is 7.71. The second-order valence-electron chi connectivity index (χ2n) is 5.95. The lowest BCUT2D eigenvalue weighted by Crippen LogP contribution is -2.68. The fourth-order valence-electron chi connectivity index (χ4n) is 3.45. The number of thioether (sulfide) groups is 1. The molecule has 5 nitrogen and oxygen atoms in total. The molecule has 2 atom stereocenters. The van der Waals surface area contributed by atoms with E-state index in [0.717, 1.165) is 24.1 Å². The summed E-state index contributed by atoms with van der Waals surface area (Å²) in [7, 11) is 0. The molecule has 2 unspecified atom stereocenters. The summed E-state index contributed by atoms with van der Waals surface area (Å²) >= 11 is 1.55. The van der Waals surface area contributed by atoms with E-state index in [1.165, 1.54) is 12.5 Å². The van der Waals surface area contributed by atoms with Crippen LogP contribution in [-0.2, 0) is 6.54 Å². The number of anilines is 1. The van der Waals surface area contributed by atoms with Gasteiger partial charge in [-0.15, -0.1) is 0 Å². The predicted octanol–water partition coefficient (Wildman–Crippen LogP) is 2.20. The maximum Gasteiger partial charge on any atom is 0.189 e. The van der Waals surface area contributed by atoms with E-state index in [1.807, 2.05) is 18.5 Å². The Morgan fingerprint density at radius 2 is 2.04 bits per heavy atom. The van der Waals surface area contributed by atoms with Gasteiger partial charge in [0.15, 0.2) is 5.16 Å². The summed E-state index contributed by atoms with van der Waals surface area (Å²) in [6.45, 7) is 2.45. The van der Waals surface area contributed by atoms with Gasteiger partial charge in [-0.2, -0.15) is 0 Å². The van der Waals surface area contributed by atoms with Crippen LogP contribution in [0.5, 0.6) is 0 Å². The smallest absolute Gasteiger partial charge is 0.189 e. The molecule has 0 aliphatic carbocycles. The Balaban J connectivity index is 1.45. The maximum atomic E-state index is 13.8. The van der Waals surface area contributed by atoms with Crippen LogP contribution in [0.2, 0.25) is 0 Å². The maximum absolute atomic E-state index is 13.8. The standard InChI is InChI=1S/C16H18FN5S/c1-23-16-19-6-4-15(20-16)21-8-11-7-12(9-21)22(11)10-14-13(17)3-2-5-18-14/h2-6,11-12H,7-10H2,1H3. The van der Waals surface area contributed by atoms with Gasteiger partial charge in [-0.1, -0.05) is 11.8 Å². The van der Waals surface area contributed by atoms with Crippen molar-refractivity contribution in [2.75, 3.05) is 24.2 Å². The van der Waals surface area contributed by atoms with Crippen molar-refractivity contribution in [1.82, 2.24) is 19.9 Å². The molecule has 3 aliphatic heterocycles. The summed E-state index contributed by atoms with van der Waals surface area (Å²) in [5, 5.41) is 0.800. The molecule has 0 amide bonds. The van der Waals surface area contributed by atoms with Crippen molar-refractivity contribution in [3.8, 4) is 0 Å². The molecule has 5 rings (SSSR count). The fourth-order valence-corrected chi connectivity index (χ4v) is 3.80. The highest BCUT2D eigenvalue weighted by atomic mass is 32.2. The van der Waals surface area contributed by atoms with Gasteiger partial charge in [0, 0.05) is 44.1 Å². The van der Waals surface area contributed by atoms with Gasteiger partial charge in [0.2, 0.25) is 0 Å². The van der Waals surface area contributed by atoms with Crippen molar-refractivity contribution in [3.63, 3.8) is 0 Å². The number of rotatable bonds is 4. The number of hydrogen-bond acceptors (Lipinski definition) is 6. The van der Waals surface area contributed by atoms with E-state index in [9.17, 15) is 4.39 Å². The molecule has 0 spiro atoms. The van der Waals surface area contributed by atoms with Gasteiger partial charge in [0.05, 0.1) is 5.69 Å². The minimum atomic E-state index is -0.213. The first-order valence-corrected chi connectivity index (χ1v) is 8.94. The molecule has 120 valence electrons. The summed E-state index contributed by atoms with van der Waals surface area (Å²) < 4.78 is 13.8. The second-order valence-corrected chi connectivity index (χ2v) is 6.73. The molecular weight excluding hydrogens is 313 g/mol. The zero-order valence-electron chi connectivity index (χ0n) is 12.9. The van der Waals surface area contributed by atoms with E-state index in [1.54, 1.807) is 24.0 Å². The molecule has 3 aliphatic rings. The van der Waals surface area contributed by atoms with E-state index in [0.29, 0.717) is 24.3 Å². The summed E-state index contributed by atoms with van der Waals surface area (Å²) in [5.74, 6) is 0.775. The number of fused-ring (bicyclic) bond motifs is 2. The highest BCUT2D eigenvalue weighted by molar-refractivity contribution is 7.98. The average Bonchev–Trinajstić information content (AvgIpc) is 2.61. The Morgan fingerprint density at radius 1 is 1.22 bits per heavy atom. The van der Waals surface area contributed by atoms with E-state index in [4.69, 9.17) is 0 Å². The Kier molecular flexibility index (Phi) is 3.90. The summed E-state index contributed by atoms with van der Waals surface area (Å²) in [6, 6.07) is 5.98. The lowest BCUT2D eigenvalue weighted by molar-refractivity contribution is -0.0106. The molecule has 3 saturated heterocycles. The number of nitrogens with zero attached hydrogens (tertiary/aromatic N) is 5. The highest BCUT2D eigenvalue weighted by Gasteiger charge is 2.45. The van der Waals surface area contributed by atoms with Gasteiger partial charge in [-0.3, -0.25) is 9.88 Å². The molecule has 5 heterocycles. The van der Waals surface area contributed by atoms with Crippen molar-refractivity contribution < 1.29 is 4.39 Å². The molecule has 0 aromatic carbocycles. The predicted molar refractivity (Wildman–Crippen MR) is 88.0 cm³/mol. The molecule has 2 aromatic rings. The number of pyridine rings is 1. The highest BCUT2D eigenvalue weighted by Crippen LogP contribution is 2.35. The Hall–Kier alpha value is -1.73. The number of aromatic nitrogens is 3. The van der Waals surface area contributed by atoms with Crippen LogP contribution in [-0.4, -0.2) is 51.3 Å². The van der Waals surface area contributed by atoms with Gasteiger partial charge in [0.25, 0.3) is 0 Å². The minimum absolute atomic E-state index is 0.213. The van der Waals surface area contributed by atoms with Gasteiger partial charge >= 0.3 is 0 Å². The number of hydrogen-bond donors (Lipinski definition) is 0. The summed E-state index contributed by atoms with van der Waals surface area (Å²) in [4.78, 5) is 17.7. The van der Waals surface area contributed by atoms with Crippen molar-refractivity contribution in [1.29, 1.82) is 0 Å². The normalized spacial score (nSPS) is 23.7. The Morgan fingerprint density at radius 3 is 2.78 bits per heavy atom.